The Labute approximate surface area is 113 Å². The molecule has 0 unspecified atom stereocenters. The minimum Gasteiger partial charge on any atom is -0.424 e. The number of aromatic nitrogens is 2. The Morgan fingerprint density at radius 1 is 1.47 bits per heavy atom. The predicted molar refractivity (Wildman–Crippen MR) is 70.2 cm³/mol. The van der Waals surface area contributed by atoms with Crippen LogP contribution in [0.5, 0.6) is 0 Å². The van der Waals surface area contributed by atoms with Crippen molar-refractivity contribution in [1.29, 1.82) is 0 Å². The van der Waals surface area contributed by atoms with Crippen molar-refractivity contribution in [2.45, 2.75) is 52.1 Å². The number of carbonyl (C=O) groups is 1. The highest BCUT2D eigenvalue weighted by molar-refractivity contribution is 5.76. The zero-order valence-electron chi connectivity index (χ0n) is 11.8. The molecule has 1 aromatic heterocycles. The van der Waals surface area contributed by atoms with Crippen molar-refractivity contribution >= 4 is 5.91 Å². The van der Waals surface area contributed by atoms with Crippen LogP contribution in [0.4, 0.5) is 0 Å². The quantitative estimate of drug-likeness (QED) is 0.887. The van der Waals surface area contributed by atoms with E-state index in [9.17, 15) is 4.79 Å². The smallest absolute Gasteiger partial charge is 0.230 e. The van der Waals surface area contributed by atoms with E-state index in [0.717, 1.165) is 12.8 Å². The summed E-state index contributed by atoms with van der Waals surface area (Å²) in [6.07, 6.45) is 1.84. The Balaban J connectivity index is 2.01. The third-order valence-corrected chi connectivity index (χ3v) is 3.73. The molecule has 0 aliphatic carbocycles. The number of carbonyl (C=O) groups excluding carboxylic acids is 1. The highest BCUT2D eigenvalue weighted by atomic mass is 16.4. The Kier molecular flexibility index (Phi) is 4.19. The summed E-state index contributed by atoms with van der Waals surface area (Å²) in [6.45, 7) is 7.45. The van der Waals surface area contributed by atoms with E-state index in [1.165, 1.54) is 0 Å². The molecule has 0 bridgehead atoms. The van der Waals surface area contributed by atoms with E-state index < -0.39 is 0 Å². The Hall–Kier alpha value is -1.43. The van der Waals surface area contributed by atoms with Gasteiger partial charge in [0.25, 0.3) is 0 Å². The molecule has 19 heavy (non-hydrogen) atoms. The fourth-order valence-electron chi connectivity index (χ4n) is 2.37. The molecule has 0 aromatic carbocycles. The lowest BCUT2D eigenvalue weighted by molar-refractivity contribution is -0.124. The first-order valence-corrected chi connectivity index (χ1v) is 6.83. The summed E-state index contributed by atoms with van der Waals surface area (Å²) in [5.74, 6) is 1.22. The average molecular weight is 266 g/mol. The Bertz CT molecular complexity index is 444. The number of hydrogen-bond donors (Lipinski definition) is 1. The molecule has 2 rings (SSSR count). The molecule has 6 heteroatoms. The van der Waals surface area contributed by atoms with Crippen LogP contribution in [-0.2, 0) is 11.3 Å². The molecule has 1 aliphatic heterocycles. The van der Waals surface area contributed by atoms with Crippen LogP contribution in [0.3, 0.4) is 0 Å². The van der Waals surface area contributed by atoms with Crippen LogP contribution >= 0.6 is 0 Å². The largest absolute Gasteiger partial charge is 0.424 e. The van der Waals surface area contributed by atoms with Crippen molar-refractivity contribution in [2.75, 3.05) is 6.54 Å². The van der Waals surface area contributed by atoms with Gasteiger partial charge in [0.15, 0.2) is 0 Å². The maximum absolute atomic E-state index is 11.3. The zero-order valence-corrected chi connectivity index (χ0v) is 11.8. The van der Waals surface area contributed by atoms with E-state index in [1.54, 1.807) is 0 Å². The molecule has 2 atom stereocenters. The Morgan fingerprint density at radius 2 is 2.21 bits per heavy atom. The standard InChI is InChI=1S/C13H22N4O2/c1-8(2)13-16-15-11(19-13)7-17-6-10(12(14)18)5-4-9(17)3/h8-10H,4-7H2,1-3H3,(H2,14,18)/t9-,10+/m0/s1. The maximum atomic E-state index is 11.3. The zero-order chi connectivity index (χ0) is 14.0. The normalized spacial score (nSPS) is 24.8. The lowest BCUT2D eigenvalue weighted by Gasteiger charge is -2.35. The molecular formula is C13H22N4O2. The van der Waals surface area contributed by atoms with E-state index in [1.807, 2.05) is 13.8 Å². The number of primary amides is 1. The summed E-state index contributed by atoms with van der Waals surface area (Å²) >= 11 is 0. The van der Waals surface area contributed by atoms with Gasteiger partial charge in [0.05, 0.1) is 12.5 Å². The summed E-state index contributed by atoms with van der Waals surface area (Å²) in [5.41, 5.74) is 5.40. The molecule has 0 radical (unpaired) electrons. The van der Waals surface area contributed by atoms with E-state index >= 15 is 0 Å². The Morgan fingerprint density at radius 3 is 2.79 bits per heavy atom. The van der Waals surface area contributed by atoms with Gasteiger partial charge in [-0.15, -0.1) is 10.2 Å². The molecule has 6 nitrogen and oxygen atoms in total. The van der Waals surface area contributed by atoms with E-state index in [4.69, 9.17) is 10.2 Å². The van der Waals surface area contributed by atoms with Gasteiger partial charge in [-0.25, -0.2) is 0 Å². The van der Waals surface area contributed by atoms with Gasteiger partial charge >= 0.3 is 0 Å². The molecule has 106 valence electrons. The van der Waals surface area contributed by atoms with E-state index in [2.05, 4.69) is 22.0 Å². The third-order valence-electron chi connectivity index (χ3n) is 3.73. The van der Waals surface area contributed by atoms with Gasteiger partial charge in [0, 0.05) is 18.5 Å². The fraction of sp³-hybridized carbons (Fsp3) is 0.769. The molecule has 1 amide bonds. The lowest BCUT2D eigenvalue weighted by Crippen LogP contribution is -2.45. The number of hydrogen-bond acceptors (Lipinski definition) is 5. The van der Waals surface area contributed by atoms with Gasteiger partial charge in [-0.3, -0.25) is 9.69 Å². The van der Waals surface area contributed by atoms with Crippen molar-refractivity contribution in [3.05, 3.63) is 11.8 Å². The average Bonchev–Trinajstić information content (AvgIpc) is 2.80. The van der Waals surface area contributed by atoms with Crippen LogP contribution in [0.2, 0.25) is 0 Å². The van der Waals surface area contributed by atoms with Gasteiger partial charge in [0.2, 0.25) is 17.7 Å². The molecule has 2 heterocycles. The monoisotopic (exact) mass is 266 g/mol. The van der Waals surface area contributed by atoms with Gasteiger partial charge in [-0.05, 0) is 19.8 Å². The minimum absolute atomic E-state index is 0.0660. The van der Waals surface area contributed by atoms with Crippen molar-refractivity contribution in [3.8, 4) is 0 Å². The van der Waals surface area contributed by atoms with Crippen molar-refractivity contribution in [1.82, 2.24) is 15.1 Å². The first kappa shape index (κ1) is 14.0. The molecule has 2 N–H and O–H groups in total. The van der Waals surface area contributed by atoms with Gasteiger partial charge < -0.3 is 10.2 Å². The van der Waals surface area contributed by atoms with Crippen molar-refractivity contribution in [3.63, 3.8) is 0 Å². The summed E-state index contributed by atoms with van der Waals surface area (Å²) in [6, 6.07) is 0.407. The van der Waals surface area contributed by atoms with Crippen LogP contribution in [-0.4, -0.2) is 33.6 Å². The van der Waals surface area contributed by atoms with Crippen molar-refractivity contribution in [2.24, 2.45) is 11.7 Å². The SMILES string of the molecule is CC(C)c1nnc(CN2C[C@H](C(N)=O)CC[C@@H]2C)o1. The molecule has 1 aromatic rings. The van der Waals surface area contributed by atoms with Gasteiger partial charge in [0.1, 0.15) is 0 Å². The summed E-state index contributed by atoms with van der Waals surface area (Å²) in [4.78, 5) is 13.5. The van der Waals surface area contributed by atoms with E-state index in [-0.39, 0.29) is 17.7 Å². The van der Waals surface area contributed by atoms with Crippen LogP contribution in [0, 0.1) is 5.92 Å². The van der Waals surface area contributed by atoms with Crippen molar-refractivity contribution < 1.29 is 9.21 Å². The van der Waals surface area contributed by atoms with Crippen LogP contribution in [0.15, 0.2) is 4.42 Å². The number of nitrogens with zero attached hydrogens (tertiary/aromatic N) is 3. The number of amides is 1. The molecular weight excluding hydrogens is 244 g/mol. The second kappa shape index (κ2) is 5.69. The van der Waals surface area contributed by atoms with Gasteiger partial charge in [-0.1, -0.05) is 13.8 Å². The summed E-state index contributed by atoms with van der Waals surface area (Å²) < 4.78 is 5.61. The van der Waals surface area contributed by atoms with Crippen LogP contribution < -0.4 is 5.73 Å². The second-order valence-corrected chi connectivity index (χ2v) is 5.64. The predicted octanol–water partition coefficient (Wildman–Crippen LogP) is 1.28. The molecule has 1 fully saturated rings. The topological polar surface area (TPSA) is 85.3 Å². The molecule has 1 saturated heterocycles. The molecule has 0 saturated carbocycles. The van der Waals surface area contributed by atoms with Crippen LogP contribution in [0.1, 0.15) is 51.3 Å². The highest BCUT2D eigenvalue weighted by Crippen LogP contribution is 2.23. The summed E-state index contributed by atoms with van der Waals surface area (Å²) in [7, 11) is 0. The molecule has 1 aliphatic rings. The number of rotatable bonds is 4. The number of nitrogens with two attached hydrogens (primary N) is 1. The second-order valence-electron chi connectivity index (χ2n) is 5.64. The lowest BCUT2D eigenvalue weighted by atomic mass is 9.93. The maximum Gasteiger partial charge on any atom is 0.230 e. The number of likely N-dealkylation sites (tertiary alicyclic amines) is 1. The number of piperidine rings is 1. The van der Waals surface area contributed by atoms with E-state index in [0.29, 0.717) is 30.9 Å². The fourth-order valence-corrected chi connectivity index (χ4v) is 2.37. The van der Waals surface area contributed by atoms with Gasteiger partial charge in [-0.2, -0.15) is 0 Å². The molecule has 0 spiro atoms. The first-order chi connectivity index (χ1) is 8.97. The highest BCUT2D eigenvalue weighted by Gasteiger charge is 2.29. The third kappa shape index (κ3) is 3.32. The van der Waals surface area contributed by atoms with Crippen LogP contribution in [0.25, 0.3) is 0 Å². The summed E-state index contributed by atoms with van der Waals surface area (Å²) in [5, 5.41) is 8.09. The first-order valence-electron chi connectivity index (χ1n) is 6.83. The minimum atomic E-state index is -0.217.